The molecule has 6 heteroatoms. The van der Waals surface area contributed by atoms with E-state index in [4.69, 9.17) is 5.11 Å². The molecule has 1 aromatic heterocycles. The molecule has 0 aliphatic rings. The van der Waals surface area contributed by atoms with Gasteiger partial charge in [-0.1, -0.05) is 24.3 Å². The molecule has 0 fully saturated rings. The van der Waals surface area contributed by atoms with Crippen molar-refractivity contribution in [3.63, 3.8) is 0 Å². The molecular formula is C16H13F3N2O. The molecule has 2 aromatic carbocycles. The van der Waals surface area contributed by atoms with Gasteiger partial charge < -0.3 is 5.11 Å². The Hall–Kier alpha value is -2.34. The first kappa shape index (κ1) is 14.6. The van der Waals surface area contributed by atoms with Crippen LogP contribution in [0.15, 0.2) is 42.6 Å². The van der Waals surface area contributed by atoms with E-state index in [1.165, 1.54) is 6.20 Å². The number of hydrogen-bond acceptors (Lipinski definition) is 2. The van der Waals surface area contributed by atoms with Gasteiger partial charge in [-0.05, 0) is 35.2 Å². The van der Waals surface area contributed by atoms with E-state index in [1.54, 1.807) is 18.2 Å². The maximum Gasteiger partial charge on any atom is 0.416 e. The third-order valence-corrected chi connectivity index (χ3v) is 3.52. The Kier molecular flexibility index (Phi) is 3.62. The smallest absolute Gasteiger partial charge is 0.396 e. The maximum absolute atomic E-state index is 13.1. The lowest BCUT2D eigenvalue weighted by molar-refractivity contribution is -0.137. The fourth-order valence-electron chi connectivity index (χ4n) is 2.48. The van der Waals surface area contributed by atoms with E-state index in [9.17, 15) is 13.2 Å². The normalized spacial score (nSPS) is 12.0. The molecule has 2 N–H and O–H groups in total. The Morgan fingerprint density at radius 1 is 1.14 bits per heavy atom. The van der Waals surface area contributed by atoms with E-state index in [2.05, 4.69) is 10.2 Å². The SMILES string of the molecule is OCCc1cccc(-c2cc(C(F)(F)F)cc3[nH]ncc23)c1. The van der Waals surface area contributed by atoms with Crippen LogP contribution in [-0.2, 0) is 12.6 Å². The molecule has 0 saturated carbocycles. The molecule has 0 bridgehead atoms. The first-order valence-electron chi connectivity index (χ1n) is 6.73. The Labute approximate surface area is 124 Å². The van der Waals surface area contributed by atoms with Crippen molar-refractivity contribution in [2.45, 2.75) is 12.6 Å². The van der Waals surface area contributed by atoms with Gasteiger partial charge in [0.1, 0.15) is 0 Å². The second kappa shape index (κ2) is 5.46. The Balaban J connectivity index is 2.21. The summed E-state index contributed by atoms with van der Waals surface area (Å²) in [5, 5.41) is 16.1. The van der Waals surface area contributed by atoms with E-state index in [-0.39, 0.29) is 6.61 Å². The number of aromatic amines is 1. The number of benzene rings is 2. The van der Waals surface area contributed by atoms with Crippen LogP contribution in [0.25, 0.3) is 22.0 Å². The fraction of sp³-hybridized carbons (Fsp3) is 0.188. The largest absolute Gasteiger partial charge is 0.416 e. The molecule has 22 heavy (non-hydrogen) atoms. The zero-order valence-electron chi connectivity index (χ0n) is 11.5. The number of fused-ring (bicyclic) bond motifs is 1. The number of alkyl halides is 3. The fourth-order valence-corrected chi connectivity index (χ4v) is 2.48. The number of rotatable bonds is 3. The number of hydrogen-bond donors (Lipinski definition) is 2. The van der Waals surface area contributed by atoms with Gasteiger partial charge in [0.25, 0.3) is 0 Å². The van der Waals surface area contributed by atoms with E-state index < -0.39 is 11.7 Å². The summed E-state index contributed by atoms with van der Waals surface area (Å²) in [5.41, 5.74) is 1.64. The van der Waals surface area contributed by atoms with Crippen LogP contribution in [0.4, 0.5) is 13.2 Å². The van der Waals surface area contributed by atoms with Gasteiger partial charge in [0, 0.05) is 12.0 Å². The highest BCUT2D eigenvalue weighted by atomic mass is 19.4. The quantitative estimate of drug-likeness (QED) is 0.773. The van der Waals surface area contributed by atoms with E-state index in [0.29, 0.717) is 28.5 Å². The van der Waals surface area contributed by atoms with Crippen LogP contribution in [-0.4, -0.2) is 21.9 Å². The topological polar surface area (TPSA) is 48.9 Å². The minimum atomic E-state index is -4.42. The second-order valence-electron chi connectivity index (χ2n) is 5.03. The van der Waals surface area contributed by atoms with Crippen LogP contribution in [0.2, 0.25) is 0 Å². The third kappa shape index (κ3) is 2.69. The van der Waals surface area contributed by atoms with Crippen LogP contribution in [0.1, 0.15) is 11.1 Å². The summed E-state index contributed by atoms with van der Waals surface area (Å²) >= 11 is 0. The van der Waals surface area contributed by atoms with Gasteiger partial charge in [-0.25, -0.2) is 0 Å². The summed E-state index contributed by atoms with van der Waals surface area (Å²) in [6.07, 6.45) is -2.44. The number of H-pyrrole nitrogens is 1. The van der Waals surface area contributed by atoms with Crippen LogP contribution in [0.3, 0.4) is 0 Å². The average Bonchev–Trinajstić information content (AvgIpc) is 2.94. The van der Waals surface area contributed by atoms with E-state index in [1.807, 2.05) is 6.07 Å². The van der Waals surface area contributed by atoms with E-state index in [0.717, 1.165) is 17.7 Å². The molecule has 3 rings (SSSR count). The molecule has 3 nitrogen and oxygen atoms in total. The summed E-state index contributed by atoms with van der Waals surface area (Å²) in [4.78, 5) is 0. The summed E-state index contributed by atoms with van der Waals surface area (Å²) < 4.78 is 39.2. The molecule has 0 unspecified atom stereocenters. The molecule has 0 amide bonds. The van der Waals surface area contributed by atoms with Gasteiger partial charge in [-0.2, -0.15) is 18.3 Å². The predicted molar refractivity (Wildman–Crippen MR) is 77.3 cm³/mol. The highest BCUT2D eigenvalue weighted by molar-refractivity contribution is 5.95. The Morgan fingerprint density at radius 3 is 2.68 bits per heavy atom. The highest BCUT2D eigenvalue weighted by Gasteiger charge is 2.31. The van der Waals surface area contributed by atoms with Crippen molar-refractivity contribution in [2.75, 3.05) is 6.61 Å². The standard InChI is InChI=1S/C16H13F3N2O/c17-16(18,19)12-7-13(14-9-20-21-15(14)8-12)11-3-1-2-10(6-11)4-5-22/h1-3,6-9,22H,4-5H2,(H,20,21). The van der Waals surface area contributed by atoms with Crippen LogP contribution in [0.5, 0.6) is 0 Å². The van der Waals surface area contributed by atoms with Crippen molar-refractivity contribution in [3.05, 3.63) is 53.7 Å². The van der Waals surface area contributed by atoms with Gasteiger partial charge >= 0.3 is 6.18 Å². The minimum Gasteiger partial charge on any atom is -0.396 e. The van der Waals surface area contributed by atoms with Crippen LogP contribution < -0.4 is 0 Å². The molecule has 0 aliphatic carbocycles. The third-order valence-electron chi connectivity index (χ3n) is 3.52. The van der Waals surface area contributed by atoms with Crippen molar-refractivity contribution in [1.82, 2.24) is 10.2 Å². The number of aliphatic hydroxyl groups excluding tert-OH is 1. The molecule has 0 radical (unpaired) electrons. The first-order chi connectivity index (χ1) is 10.5. The highest BCUT2D eigenvalue weighted by Crippen LogP contribution is 2.36. The summed E-state index contributed by atoms with van der Waals surface area (Å²) in [5.74, 6) is 0. The van der Waals surface area contributed by atoms with Crippen LogP contribution >= 0.6 is 0 Å². The first-order valence-corrected chi connectivity index (χ1v) is 6.73. The van der Waals surface area contributed by atoms with Gasteiger partial charge in [-0.3, -0.25) is 5.10 Å². The van der Waals surface area contributed by atoms with Crippen molar-refractivity contribution in [2.24, 2.45) is 0 Å². The molecule has 3 aromatic rings. The van der Waals surface area contributed by atoms with E-state index >= 15 is 0 Å². The summed E-state index contributed by atoms with van der Waals surface area (Å²) in [6, 6.07) is 9.34. The van der Waals surface area contributed by atoms with Gasteiger partial charge in [0.15, 0.2) is 0 Å². The molecule has 1 heterocycles. The number of nitrogens with one attached hydrogen (secondary N) is 1. The second-order valence-corrected chi connectivity index (χ2v) is 5.03. The number of aromatic nitrogens is 2. The van der Waals surface area contributed by atoms with Gasteiger partial charge in [0.05, 0.1) is 17.3 Å². The molecule has 0 atom stereocenters. The average molecular weight is 306 g/mol. The Morgan fingerprint density at radius 2 is 1.95 bits per heavy atom. The molecule has 0 aliphatic heterocycles. The van der Waals surface area contributed by atoms with Crippen molar-refractivity contribution in [3.8, 4) is 11.1 Å². The molecule has 0 spiro atoms. The monoisotopic (exact) mass is 306 g/mol. The molecule has 114 valence electrons. The lowest BCUT2D eigenvalue weighted by Crippen LogP contribution is -2.05. The molecular weight excluding hydrogens is 293 g/mol. The minimum absolute atomic E-state index is 0.00678. The predicted octanol–water partition coefficient (Wildman–Crippen LogP) is 3.78. The summed E-state index contributed by atoms with van der Waals surface area (Å²) in [7, 11) is 0. The van der Waals surface area contributed by atoms with Gasteiger partial charge in [0.2, 0.25) is 0 Å². The maximum atomic E-state index is 13.1. The van der Waals surface area contributed by atoms with Gasteiger partial charge in [-0.15, -0.1) is 0 Å². The van der Waals surface area contributed by atoms with Crippen molar-refractivity contribution >= 4 is 10.9 Å². The zero-order chi connectivity index (χ0) is 15.7. The number of halogens is 3. The molecule has 0 saturated heterocycles. The van der Waals surface area contributed by atoms with Crippen molar-refractivity contribution < 1.29 is 18.3 Å². The Bertz CT molecular complexity index is 809. The zero-order valence-corrected chi connectivity index (χ0v) is 11.5. The summed E-state index contributed by atoms with van der Waals surface area (Å²) in [6.45, 7) is -0.00678. The number of nitrogens with zero attached hydrogens (tertiary/aromatic N) is 1. The van der Waals surface area contributed by atoms with Crippen molar-refractivity contribution in [1.29, 1.82) is 0 Å². The lowest BCUT2D eigenvalue weighted by Gasteiger charge is -2.11. The number of aliphatic hydroxyl groups is 1. The lowest BCUT2D eigenvalue weighted by atomic mass is 9.97. The van der Waals surface area contributed by atoms with Crippen LogP contribution in [0, 0.1) is 0 Å².